The van der Waals surface area contributed by atoms with Crippen molar-refractivity contribution < 1.29 is 23.0 Å². The minimum atomic E-state index is -0.990. The average molecular weight is 244 g/mol. The standard InChI is InChI=1S/C12H14F2O3/c1-3-4-7-16-12-9(13)5-6-10(11(12)14)17-8(2)15/h5-6H,3-4,7H2,1-2H3. The first kappa shape index (κ1) is 13.4. The Morgan fingerprint density at radius 1 is 1.35 bits per heavy atom. The Morgan fingerprint density at radius 2 is 2.06 bits per heavy atom. The van der Waals surface area contributed by atoms with Crippen LogP contribution in [0, 0.1) is 11.6 Å². The lowest BCUT2D eigenvalue weighted by Crippen LogP contribution is -2.06. The lowest BCUT2D eigenvalue weighted by Gasteiger charge is -2.10. The quantitative estimate of drug-likeness (QED) is 0.453. The molecule has 0 aliphatic heterocycles. The zero-order valence-electron chi connectivity index (χ0n) is 9.76. The van der Waals surface area contributed by atoms with E-state index in [4.69, 9.17) is 4.74 Å². The number of benzene rings is 1. The predicted octanol–water partition coefficient (Wildman–Crippen LogP) is 3.07. The van der Waals surface area contributed by atoms with Crippen LogP contribution < -0.4 is 9.47 Å². The molecule has 0 aromatic heterocycles. The molecule has 0 saturated heterocycles. The van der Waals surface area contributed by atoms with Crippen LogP contribution in [0.2, 0.25) is 0 Å². The molecule has 1 aromatic carbocycles. The second kappa shape index (κ2) is 6.18. The van der Waals surface area contributed by atoms with E-state index in [0.717, 1.165) is 25.5 Å². The van der Waals surface area contributed by atoms with E-state index < -0.39 is 23.4 Å². The van der Waals surface area contributed by atoms with Gasteiger partial charge in [0.15, 0.2) is 17.3 Å². The summed E-state index contributed by atoms with van der Waals surface area (Å²) in [6, 6.07) is 2.06. The molecule has 0 heterocycles. The van der Waals surface area contributed by atoms with Gasteiger partial charge in [-0.15, -0.1) is 0 Å². The molecule has 17 heavy (non-hydrogen) atoms. The van der Waals surface area contributed by atoms with Crippen molar-refractivity contribution in [2.75, 3.05) is 6.61 Å². The van der Waals surface area contributed by atoms with Crippen molar-refractivity contribution in [1.82, 2.24) is 0 Å². The van der Waals surface area contributed by atoms with Crippen molar-refractivity contribution in [3.8, 4) is 11.5 Å². The van der Waals surface area contributed by atoms with Crippen LogP contribution in [0.1, 0.15) is 26.7 Å². The molecular weight excluding hydrogens is 230 g/mol. The SMILES string of the molecule is CCCCOc1c(F)ccc(OC(C)=O)c1F. The van der Waals surface area contributed by atoms with Crippen LogP contribution in [-0.2, 0) is 4.79 Å². The highest BCUT2D eigenvalue weighted by Gasteiger charge is 2.17. The zero-order chi connectivity index (χ0) is 12.8. The van der Waals surface area contributed by atoms with Crippen molar-refractivity contribution in [2.45, 2.75) is 26.7 Å². The molecule has 0 bridgehead atoms. The van der Waals surface area contributed by atoms with Gasteiger partial charge >= 0.3 is 5.97 Å². The number of carbonyl (C=O) groups is 1. The number of carbonyl (C=O) groups excluding carboxylic acids is 1. The molecule has 0 spiro atoms. The number of esters is 1. The van der Waals surface area contributed by atoms with E-state index in [1.165, 1.54) is 0 Å². The largest absolute Gasteiger partial charge is 0.488 e. The van der Waals surface area contributed by atoms with Gasteiger partial charge in [0.05, 0.1) is 6.61 Å². The summed E-state index contributed by atoms with van der Waals surface area (Å²) in [5.74, 6) is -3.30. The Balaban J connectivity index is 2.90. The van der Waals surface area contributed by atoms with Crippen LogP contribution in [0.5, 0.6) is 11.5 Å². The van der Waals surface area contributed by atoms with Crippen LogP contribution in [-0.4, -0.2) is 12.6 Å². The molecular formula is C12H14F2O3. The molecule has 94 valence electrons. The number of hydrogen-bond acceptors (Lipinski definition) is 3. The van der Waals surface area contributed by atoms with E-state index in [1.54, 1.807) is 0 Å². The average Bonchev–Trinajstić information content (AvgIpc) is 2.27. The monoisotopic (exact) mass is 244 g/mol. The van der Waals surface area contributed by atoms with Gasteiger partial charge < -0.3 is 9.47 Å². The van der Waals surface area contributed by atoms with E-state index >= 15 is 0 Å². The highest BCUT2D eigenvalue weighted by molar-refractivity contribution is 5.69. The summed E-state index contributed by atoms with van der Waals surface area (Å²) in [5.41, 5.74) is 0. The maximum absolute atomic E-state index is 13.7. The fraction of sp³-hybridized carbons (Fsp3) is 0.417. The lowest BCUT2D eigenvalue weighted by atomic mass is 10.3. The Hall–Kier alpha value is -1.65. The molecule has 5 heteroatoms. The van der Waals surface area contributed by atoms with Crippen LogP contribution in [0.3, 0.4) is 0 Å². The van der Waals surface area contributed by atoms with E-state index in [9.17, 15) is 13.6 Å². The fourth-order valence-electron chi connectivity index (χ4n) is 1.20. The summed E-state index contributed by atoms with van der Waals surface area (Å²) in [6.07, 6.45) is 1.55. The Morgan fingerprint density at radius 3 is 2.65 bits per heavy atom. The number of halogens is 2. The molecule has 0 unspecified atom stereocenters. The molecule has 3 nitrogen and oxygen atoms in total. The fourth-order valence-corrected chi connectivity index (χ4v) is 1.20. The molecule has 0 aliphatic carbocycles. The van der Waals surface area contributed by atoms with Gasteiger partial charge in [-0.25, -0.2) is 4.39 Å². The minimum Gasteiger partial charge on any atom is -0.488 e. The third-order valence-electron chi connectivity index (χ3n) is 2.01. The third-order valence-corrected chi connectivity index (χ3v) is 2.01. The Labute approximate surface area is 98.3 Å². The summed E-state index contributed by atoms with van der Waals surface area (Å²) in [4.78, 5) is 10.7. The molecule has 0 aliphatic rings. The van der Waals surface area contributed by atoms with Crippen LogP contribution >= 0.6 is 0 Å². The second-order valence-electron chi connectivity index (χ2n) is 3.48. The summed E-state index contributed by atoms with van der Waals surface area (Å²) in [5, 5.41) is 0. The molecule has 0 amide bonds. The normalized spacial score (nSPS) is 10.1. The van der Waals surface area contributed by atoms with E-state index in [-0.39, 0.29) is 12.4 Å². The molecule has 0 fully saturated rings. The lowest BCUT2D eigenvalue weighted by molar-refractivity contribution is -0.132. The van der Waals surface area contributed by atoms with Crippen molar-refractivity contribution in [3.05, 3.63) is 23.8 Å². The van der Waals surface area contributed by atoms with Crippen molar-refractivity contribution in [3.63, 3.8) is 0 Å². The highest BCUT2D eigenvalue weighted by atomic mass is 19.1. The van der Waals surface area contributed by atoms with Crippen LogP contribution in [0.25, 0.3) is 0 Å². The van der Waals surface area contributed by atoms with Gasteiger partial charge in [-0.3, -0.25) is 4.79 Å². The van der Waals surface area contributed by atoms with Gasteiger partial charge in [0, 0.05) is 6.92 Å². The molecule has 0 N–H and O–H groups in total. The first-order chi connectivity index (χ1) is 8.06. The number of unbranched alkanes of at least 4 members (excludes halogenated alkanes) is 1. The topological polar surface area (TPSA) is 35.5 Å². The molecule has 0 saturated carbocycles. The van der Waals surface area contributed by atoms with Gasteiger partial charge in [-0.05, 0) is 18.6 Å². The first-order valence-corrected chi connectivity index (χ1v) is 5.35. The van der Waals surface area contributed by atoms with Gasteiger partial charge in [-0.1, -0.05) is 13.3 Å². The summed E-state index contributed by atoms with van der Waals surface area (Å²) in [7, 11) is 0. The van der Waals surface area contributed by atoms with E-state index in [1.807, 2.05) is 6.92 Å². The van der Waals surface area contributed by atoms with Crippen molar-refractivity contribution in [1.29, 1.82) is 0 Å². The number of hydrogen-bond donors (Lipinski definition) is 0. The summed E-state index contributed by atoms with van der Waals surface area (Å²) in [6.45, 7) is 3.29. The van der Waals surface area contributed by atoms with Crippen LogP contribution in [0.4, 0.5) is 8.78 Å². The third kappa shape index (κ3) is 3.69. The molecule has 0 atom stereocenters. The Bertz CT molecular complexity index is 405. The minimum absolute atomic E-state index is 0.216. The molecule has 1 rings (SSSR count). The maximum atomic E-state index is 13.7. The Kier molecular flexibility index (Phi) is 4.87. The molecule has 0 radical (unpaired) electrons. The van der Waals surface area contributed by atoms with E-state index in [2.05, 4.69) is 4.74 Å². The number of rotatable bonds is 5. The van der Waals surface area contributed by atoms with Gasteiger partial charge in [0.25, 0.3) is 0 Å². The van der Waals surface area contributed by atoms with Gasteiger partial charge in [-0.2, -0.15) is 4.39 Å². The first-order valence-electron chi connectivity index (χ1n) is 5.35. The predicted molar refractivity (Wildman–Crippen MR) is 58.1 cm³/mol. The number of ether oxygens (including phenoxy) is 2. The maximum Gasteiger partial charge on any atom is 0.308 e. The summed E-state index contributed by atoms with van der Waals surface area (Å²) < 4.78 is 36.5. The highest BCUT2D eigenvalue weighted by Crippen LogP contribution is 2.29. The summed E-state index contributed by atoms with van der Waals surface area (Å²) >= 11 is 0. The van der Waals surface area contributed by atoms with Gasteiger partial charge in [0.1, 0.15) is 0 Å². The molecule has 1 aromatic rings. The smallest absolute Gasteiger partial charge is 0.308 e. The van der Waals surface area contributed by atoms with Crippen LogP contribution in [0.15, 0.2) is 12.1 Å². The second-order valence-corrected chi connectivity index (χ2v) is 3.48. The van der Waals surface area contributed by atoms with Crippen molar-refractivity contribution in [2.24, 2.45) is 0 Å². The van der Waals surface area contributed by atoms with E-state index in [0.29, 0.717) is 6.42 Å². The zero-order valence-corrected chi connectivity index (χ0v) is 9.76. The van der Waals surface area contributed by atoms with Crippen molar-refractivity contribution >= 4 is 5.97 Å². The van der Waals surface area contributed by atoms with Gasteiger partial charge in [0.2, 0.25) is 5.82 Å².